The third-order valence-corrected chi connectivity index (χ3v) is 6.75. The SMILES string of the molecule is COCC#Cc1cnc2c(c1)C(=O)N([C@@H](C)CO)C[C@@H](C)[C@H](CN(C)C(=O)C1CCCCC1)O2. The lowest BCUT2D eigenvalue weighted by molar-refractivity contribution is -0.136. The van der Waals surface area contributed by atoms with Gasteiger partial charge in [-0.2, -0.15) is 0 Å². The van der Waals surface area contributed by atoms with Crippen LogP contribution in [0.2, 0.25) is 0 Å². The molecule has 1 N–H and O–H groups in total. The summed E-state index contributed by atoms with van der Waals surface area (Å²) < 4.78 is 11.3. The van der Waals surface area contributed by atoms with Crippen molar-refractivity contribution >= 4 is 11.8 Å². The zero-order valence-corrected chi connectivity index (χ0v) is 20.7. The quantitative estimate of drug-likeness (QED) is 0.641. The Kier molecular flexibility index (Phi) is 9.31. The molecule has 1 aromatic heterocycles. The number of amides is 2. The lowest BCUT2D eigenvalue weighted by atomic mass is 9.88. The van der Waals surface area contributed by atoms with Crippen LogP contribution in [0.4, 0.5) is 0 Å². The second kappa shape index (κ2) is 12.2. The highest BCUT2D eigenvalue weighted by molar-refractivity contribution is 5.97. The molecule has 1 aliphatic heterocycles. The Morgan fingerprint density at radius 1 is 1.38 bits per heavy atom. The van der Waals surface area contributed by atoms with Crippen LogP contribution in [0.1, 0.15) is 61.9 Å². The maximum atomic E-state index is 13.4. The van der Waals surface area contributed by atoms with Crippen LogP contribution in [0.15, 0.2) is 12.3 Å². The van der Waals surface area contributed by atoms with Gasteiger partial charge in [0.25, 0.3) is 5.91 Å². The molecule has 0 saturated heterocycles. The number of pyridine rings is 1. The first kappa shape index (κ1) is 26.0. The van der Waals surface area contributed by atoms with Gasteiger partial charge in [0.05, 0.1) is 19.2 Å². The van der Waals surface area contributed by atoms with Crippen molar-refractivity contribution in [2.75, 3.05) is 40.5 Å². The van der Waals surface area contributed by atoms with E-state index in [1.165, 1.54) is 6.42 Å². The average Bonchev–Trinajstić information content (AvgIpc) is 2.86. The molecule has 2 amide bonds. The Hall–Kier alpha value is -2.63. The minimum absolute atomic E-state index is 0.0734. The molecule has 3 atom stereocenters. The van der Waals surface area contributed by atoms with Gasteiger partial charge in [-0.3, -0.25) is 9.59 Å². The number of aliphatic hydroxyl groups is 1. The van der Waals surface area contributed by atoms with Crippen molar-refractivity contribution in [2.24, 2.45) is 11.8 Å². The Morgan fingerprint density at radius 2 is 2.12 bits per heavy atom. The summed E-state index contributed by atoms with van der Waals surface area (Å²) in [5.74, 6) is 5.96. The number of hydrogen-bond acceptors (Lipinski definition) is 6. The van der Waals surface area contributed by atoms with Gasteiger partial charge >= 0.3 is 0 Å². The van der Waals surface area contributed by atoms with Crippen molar-refractivity contribution in [3.05, 3.63) is 23.4 Å². The van der Waals surface area contributed by atoms with E-state index in [4.69, 9.17) is 9.47 Å². The molecule has 0 radical (unpaired) electrons. The van der Waals surface area contributed by atoms with Gasteiger partial charge in [0.2, 0.25) is 11.8 Å². The Balaban J connectivity index is 1.88. The van der Waals surface area contributed by atoms with Crippen LogP contribution in [0.25, 0.3) is 0 Å². The molecule has 0 aromatic carbocycles. The van der Waals surface area contributed by atoms with Crippen LogP contribution < -0.4 is 4.74 Å². The highest BCUT2D eigenvalue weighted by Gasteiger charge is 2.35. The number of rotatable bonds is 6. The molecule has 0 spiro atoms. The van der Waals surface area contributed by atoms with Gasteiger partial charge in [-0.15, -0.1) is 0 Å². The molecular formula is C26H37N3O5. The zero-order valence-electron chi connectivity index (χ0n) is 20.7. The summed E-state index contributed by atoms with van der Waals surface area (Å²) in [6.45, 7) is 4.74. The minimum Gasteiger partial charge on any atom is -0.472 e. The number of nitrogens with zero attached hydrogens (tertiary/aromatic N) is 3. The molecule has 1 aliphatic carbocycles. The molecule has 0 unspecified atom stereocenters. The van der Waals surface area contributed by atoms with Crippen LogP contribution in [0.5, 0.6) is 5.88 Å². The van der Waals surface area contributed by atoms with Crippen LogP contribution in [-0.4, -0.2) is 84.3 Å². The maximum Gasteiger partial charge on any atom is 0.259 e. The fourth-order valence-electron chi connectivity index (χ4n) is 4.62. The molecule has 3 rings (SSSR count). The van der Waals surface area contributed by atoms with Crippen molar-refractivity contribution in [2.45, 2.75) is 58.1 Å². The summed E-state index contributed by atoms with van der Waals surface area (Å²) in [4.78, 5) is 34.3. The number of carbonyl (C=O) groups excluding carboxylic acids is 2. The van der Waals surface area contributed by atoms with E-state index in [-0.39, 0.29) is 54.9 Å². The van der Waals surface area contributed by atoms with Gasteiger partial charge in [0, 0.05) is 44.3 Å². The smallest absolute Gasteiger partial charge is 0.259 e. The van der Waals surface area contributed by atoms with Gasteiger partial charge in [-0.25, -0.2) is 4.98 Å². The number of hydrogen-bond donors (Lipinski definition) is 1. The molecule has 186 valence electrons. The lowest BCUT2D eigenvalue weighted by Crippen LogP contribution is -2.51. The first-order valence-electron chi connectivity index (χ1n) is 12.2. The van der Waals surface area contributed by atoms with E-state index in [2.05, 4.69) is 16.8 Å². The number of likely N-dealkylation sites (N-methyl/N-ethyl adjacent to an activating group) is 1. The number of carbonyl (C=O) groups is 2. The second-order valence-electron chi connectivity index (χ2n) is 9.49. The number of ether oxygens (including phenoxy) is 2. The van der Waals surface area contributed by atoms with Crippen molar-refractivity contribution < 1.29 is 24.2 Å². The van der Waals surface area contributed by atoms with Gasteiger partial charge in [-0.1, -0.05) is 38.0 Å². The molecule has 2 heterocycles. The van der Waals surface area contributed by atoms with E-state index in [9.17, 15) is 14.7 Å². The normalized spacial score (nSPS) is 21.9. The van der Waals surface area contributed by atoms with E-state index in [1.807, 2.05) is 20.9 Å². The summed E-state index contributed by atoms with van der Waals surface area (Å²) in [7, 11) is 3.39. The fraction of sp³-hybridized carbons (Fsp3) is 0.654. The van der Waals surface area contributed by atoms with E-state index in [0.717, 1.165) is 25.7 Å². The van der Waals surface area contributed by atoms with Crippen molar-refractivity contribution in [3.8, 4) is 17.7 Å². The predicted molar refractivity (Wildman–Crippen MR) is 128 cm³/mol. The number of aliphatic hydroxyl groups excluding tert-OH is 1. The topological polar surface area (TPSA) is 92.2 Å². The minimum atomic E-state index is -0.369. The highest BCUT2D eigenvalue weighted by atomic mass is 16.5. The highest BCUT2D eigenvalue weighted by Crippen LogP contribution is 2.29. The predicted octanol–water partition coefficient (Wildman–Crippen LogP) is 2.34. The van der Waals surface area contributed by atoms with Gasteiger partial charge in [0.15, 0.2) is 0 Å². The van der Waals surface area contributed by atoms with Crippen molar-refractivity contribution in [1.82, 2.24) is 14.8 Å². The summed E-state index contributed by atoms with van der Waals surface area (Å²) >= 11 is 0. The lowest BCUT2D eigenvalue weighted by Gasteiger charge is -2.38. The zero-order chi connectivity index (χ0) is 24.7. The van der Waals surface area contributed by atoms with E-state index in [0.29, 0.717) is 24.2 Å². The monoisotopic (exact) mass is 471 g/mol. The first-order chi connectivity index (χ1) is 16.3. The number of methoxy groups -OCH3 is 1. The summed E-state index contributed by atoms with van der Waals surface area (Å²) in [5.41, 5.74) is 0.891. The number of aromatic nitrogens is 1. The number of fused-ring (bicyclic) bond motifs is 1. The standard InChI is InChI=1S/C26H37N3O5/c1-18-15-29(19(2)17-30)26(32)22-13-20(9-8-12-33-4)14-27-24(22)34-23(18)16-28(3)25(31)21-10-6-5-7-11-21/h13-14,18-19,21,23,30H,5-7,10-12,15-17H2,1-4H3/t18-,19+,23+/m1/s1. The van der Waals surface area contributed by atoms with E-state index in [1.54, 1.807) is 29.2 Å². The molecule has 1 fully saturated rings. The molecule has 8 nitrogen and oxygen atoms in total. The molecule has 1 aromatic rings. The average molecular weight is 472 g/mol. The molecule has 8 heteroatoms. The largest absolute Gasteiger partial charge is 0.472 e. The summed E-state index contributed by atoms with van der Waals surface area (Å²) in [5, 5.41) is 9.80. The van der Waals surface area contributed by atoms with Crippen LogP contribution in [0.3, 0.4) is 0 Å². The fourth-order valence-corrected chi connectivity index (χ4v) is 4.62. The van der Waals surface area contributed by atoms with Crippen LogP contribution >= 0.6 is 0 Å². The van der Waals surface area contributed by atoms with E-state index >= 15 is 0 Å². The molecule has 2 aliphatic rings. The Morgan fingerprint density at radius 3 is 2.79 bits per heavy atom. The maximum absolute atomic E-state index is 13.4. The van der Waals surface area contributed by atoms with E-state index < -0.39 is 0 Å². The van der Waals surface area contributed by atoms with Gasteiger partial charge in [-0.05, 0) is 25.8 Å². The molecule has 1 saturated carbocycles. The third kappa shape index (κ3) is 6.28. The molecule has 0 bridgehead atoms. The van der Waals surface area contributed by atoms with Crippen molar-refractivity contribution in [3.63, 3.8) is 0 Å². The summed E-state index contributed by atoms with van der Waals surface area (Å²) in [6, 6.07) is 1.31. The van der Waals surface area contributed by atoms with Crippen LogP contribution in [-0.2, 0) is 9.53 Å². The summed E-state index contributed by atoms with van der Waals surface area (Å²) in [6.07, 6.45) is 6.51. The van der Waals surface area contributed by atoms with Gasteiger partial charge < -0.3 is 24.4 Å². The van der Waals surface area contributed by atoms with Crippen molar-refractivity contribution in [1.29, 1.82) is 0 Å². The van der Waals surface area contributed by atoms with Gasteiger partial charge in [0.1, 0.15) is 18.3 Å². The molecule has 34 heavy (non-hydrogen) atoms. The molecular weight excluding hydrogens is 434 g/mol. The Labute approximate surface area is 202 Å². The second-order valence-corrected chi connectivity index (χ2v) is 9.49. The van der Waals surface area contributed by atoms with Crippen LogP contribution in [0, 0.1) is 23.7 Å². The first-order valence-corrected chi connectivity index (χ1v) is 12.2. The Bertz CT molecular complexity index is 919. The third-order valence-electron chi connectivity index (χ3n) is 6.75.